The molecule has 9 heteroatoms. The molecule has 1 heterocycles. The molecule has 0 aliphatic heterocycles. The van der Waals surface area contributed by atoms with Crippen LogP contribution >= 0.6 is 7.82 Å². The summed E-state index contributed by atoms with van der Waals surface area (Å²) in [4.78, 5) is 12.3. The van der Waals surface area contributed by atoms with Gasteiger partial charge in [0.25, 0.3) is 0 Å². The van der Waals surface area contributed by atoms with Crippen molar-refractivity contribution in [1.29, 1.82) is 0 Å². The van der Waals surface area contributed by atoms with Gasteiger partial charge in [-0.3, -0.25) is 18.4 Å². The second-order valence-corrected chi connectivity index (χ2v) is 6.21. The van der Waals surface area contributed by atoms with Crippen LogP contribution in [0.5, 0.6) is 5.75 Å². The smallest absolute Gasteiger partial charge is 0.476 e. The third-order valence-corrected chi connectivity index (χ3v) is 4.48. The molecule has 2 aromatic rings. The molecule has 1 unspecified atom stereocenters. The molecule has 1 aromatic carbocycles. The molecule has 0 saturated heterocycles. The first kappa shape index (κ1) is 16.7. The van der Waals surface area contributed by atoms with Crippen LogP contribution < -0.4 is 5.43 Å². The van der Waals surface area contributed by atoms with E-state index >= 15 is 0 Å². The average Bonchev–Trinajstić information content (AvgIpc) is 2.51. The monoisotopic (exact) mass is 330 g/mol. The first-order valence-corrected chi connectivity index (χ1v) is 7.61. The number of phenolic OH excluding ortho intramolecular Hbond substituents is 1. The van der Waals surface area contributed by atoms with Crippen molar-refractivity contribution in [2.45, 2.75) is 13.2 Å². The van der Waals surface area contributed by atoms with Crippen LogP contribution in [0.2, 0.25) is 0 Å². The van der Waals surface area contributed by atoms with Gasteiger partial charge in [-0.15, -0.1) is 0 Å². The van der Waals surface area contributed by atoms with E-state index in [9.17, 15) is 19.6 Å². The zero-order chi connectivity index (χ0) is 16.5. The van der Waals surface area contributed by atoms with E-state index in [1.165, 1.54) is 12.1 Å². The number of phenols is 1. The third kappa shape index (κ3) is 2.92. The van der Waals surface area contributed by atoms with Crippen LogP contribution in [0.25, 0.3) is 11.0 Å². The lowest BCUT2D eigenvalue weighted by Crippen LogP contribution is -2.15. The fraction of sp³-hybridized carbons (Fsp3) is 0.308. The Morgan fingerprint density at radius 3 is 2.50 bits per heavy atom. The highest BCUT2D eigenvalue weighted by molar-refractivity contribution is 7.48. The molecule has 0 aliphatic rings. The molecule has 8 nitrogen and oxygen atoms in total. The second kappa shape index (κ2) is 6.20. The Labute approximate surface area is 125 Å². The number of hydrogen-bond donors (Lipinski definition) is 2. The molecule has 0 bridgehead atoms. The van der Waals surface area contributed by atoms with E-state index in [0.717, 1.165) is 20.5 Å². The standard InChI is InChI=1S/C13H15O8P/c1-7-10(14)5-4-8-11(15)9(6-20-12(7)8)13(16)21-22(17,18-2)19-3/h4-6,13-14,16H,1-3H3. The summed E-state index contributed by atoms with van der Waals surface area (Å²) in [6, 6.07) is 2.69. The topological polar surface area (TPSA) is 115 Å². The van der Waals surface area contributed by atoms with E-state index in [-0.39, 0.29) is 22.3 Å². The lowest BCUT2D eigenvalue weighted by molar-refractivity contribution is -0.0466. The first-order valence-electron chi connectivity index (χ1n) is 6.15. The van der Waals surface area contributed by atoms with Gasteiger partial charge in [0, 0.05) is 19.8 Å². The van der Waals surface area contributed by atoms with Crippen molar-refractivity contribution >= 4 is 18.8 Å². The Morgan fingerprint density at radius 1 is 1.27 bits per heavy atom. The fourth-order valence-electron chi connectivity index (χ4n) is 1.85. The van der Waals surface area contributed by atoms with E-state index in [1.807, 2.05) is 0 Å². The van der Waals surface area contributed by atoms with Crippen LogP contribution in [0, 0.1) is 6.92 Å². The third-order valence-electron chi connectivity index (χ3n) is 3.13. The molecule has 0 radical (unpaired) electrons. The predicted octanol–water partition coefficient (Wildman–Crippen LogP) is 2.22. The molecule has 0 fully saturated rings. The summed E-state index contributed by atoms with van der Waals surface area (Å²) in [5.74, 6) is -0.0246. The molecule has 0 amide bonds. The molecule has 22 heavy (non-hydrogen) atoms. The number of fused-ring (bicyclic) bond motifs is 1. The number of phosphoric ester groups is 1. The maximum absolute atomic E-state index is 12.3. The second-order valence-electron chi connectivity index (χ2n) is 4.38. The van der Waals surface area contributed by atoms with Gasteiger partial charge in [0.15, 0.2) is 6.29 Å². The maximum Gasteiger partial charge on any atom is 0.476 e. The molecule has 2 rings (SSSR count). The summed E-state index contributed by atoms with van der Waals surface area (Å²) < 4.78 is 30.9. The van der Waals surface area contributed by atoms with Gasteiger partial charge in [-0.1, -0.05) is 0 Å². The molecule has 120 valence electrons. The van der Waals surface area contributed by atoms with Gasteiger partial charge in [0.1, 0.15) is 17.6 Å². The zero-order valence-electron chi connectivity index (χ0n) is 12.1. The number of aromatic hydroxyl groups is 1. The summed E-state index contributed by atoms with van der Waals surface area (Å²) in [5.41, 5.74) is -0.291. The number of aryl methyl sites for hydroxylation is 1. The summed E-state index contributed by atoms with van der Waals surface area (Å²) in [6.45, 7) is 1.58. The van der Waals surface area contributed by atoms with Gasteiger partial charge >= 0.3 is 7.82 Å². The number of rotatable bonds is 5. The molecule has 2 N–H and O–H groups in total. The Kier molecular flexibility index (Phi) is 4.69. The van der Waals surface area contributed by atoms with Crippen molar-refractivity contribution in [3.05, 3.63) is 39.7 Å². The van der Waals surface area contributed by atoms with Crippen molar-refractivity contribution < 1.29 is 32.8 Å². The number of aliphatic hydroxyl groups is 1. The molecule has 1 aromatic heterocycles. The first-order chi connectivity index (χ1) is 10.3. The SMILES string of the molecule is COP(=O)(OC)OC(O)c1coc2c(C)c(O)ccc2c1=O. The van der Waals surface area contributed by atoms with E-state index in [4.69, 9.17) is 8.94 Å². The number of hydrogen-bond acceptors (Lipinski definition) is 8. The van der Waals surface area contributed by atoms with Gasteiger partial charge in [0.2, 0.25) is 5.43 Å². The molecular weight excluding hydrogens is 315 g/mol. The maximum atomic E-state index is 12.3. The van der Waals surface area contributed by atoms with E-state index in [2.05, 4.69) is 9.05 Å². The van der Waals surface area contributed by atoms with Crippen molar-refractivity contribution in [2.24, 2.45) is 0 Å². The number of benzene rings is 1. The van der Waals surface area contributed by atoms with Crippen molar-refractivity contribution in [3.8, 4) is 5.75 Å². The van der Waals surface area contributed by atoms with Crippen LogP contribution in [0.4, 0.5) is 0 Å². The van der Waals surface area contributed by atoms with Gasteiger partial charge in [-0.25, -0.2) is 4.57 Å². The normalized spacial score (nSPS) is 13.5. The van der Waals surface area contributed by atoms with Crippen molar-refractivity contribution in [2.75, 3.05) is 14.2 Å². The number of aliphatic hydroxyl groups excluding tert-OH is 1. The molecule has 0 spiro atoms. The predicted molar refractivity (Wildman–Crippen MR) is 76.6 cm³/mol. The van der Waals surface area contributed by atoms with Crippen LogP contribution in [0.3, 0.4) is 0 Å². The zero-order valence-corrected chi connectivity index (χ0v) is 13.0. The minimum atomic E-state index is -3.97. The van der Waals surface area contributed by atoms with Gasteiger partial charge in [-0.05, 0) is 19.1 Å². The van der Waals surface area contributed by atoms with Crippen molar-refractivity contribution in [3.63, 3.8) is 0 Å². The van der Waals surface area contributed by atoms with Gasteiger partial charge in [0.05, 0.1) is 10.9 Å². The lowest BCUT2D eigenvalue weighted by Gasteiger charge is -2.17. The quantitative estimate of drug-likeness (QED) is 0.633. The summed E-state index contributed by atoms with van der Waals surface area (Å²) >= 11 is 0. The van der Waals surface area contributed by atoms with Gasteiger partial charge < -0.3 is 14.6 Å². The Bertz CT molecular complexity index is 788. The van der Waals surface area contributed by atoms with E-state index in [1.54, 1.807) is 6.92 Å². The summed E-state index contributed by atoms with van der Waals surface area (Å²) in [6.07, 6.45) is -0.891. The highest BCUT2D eigenvalue weighted by Crippen LogP contribution is 2.50. The molecule has 0 saturated carbocycles. The largest absolute Gasteiger partial charge is 0.508 e. The summed E-state index contributed by atoms with van der Waals surface area (Å²) in [5, 5.41) is 19.7. The van der Waals surface area contributed by atoms with Crippen LogP contribution in [-0.4, -0.2) is 24.4 Å². The van der Waals surface area contributed by atoms with Crippen LogP contribution in [-0.2, 0) is 18.1 Å². The molecular formula is C13H15O8P. The Balaban J connectivity index is 2.50. The average molecular weight is 330 g/mol. The van der Waals surface area contributed by atoms with Crippen LogP contribution in [0.15, 0.2) is 27.6 Å². The molecule has 1 atom stereocenters. The van der Waals surface area contributed by atoms with E-state index in [0.29, 0.717) is 5.56 Å². The van der Waals surface area contributed by atoms with Gasteiger partial charge in [-0.2, -0.15) is 0 Å². The molecule has 0 aliphatic carbocycles. The minimum Gasteiger partial charge on any atom is -0.508 e. The lowest BCUT2D eigenvalue weighted by atomic mass is 10.1. The highest BCUT2D eigenvalue weighted by atomic mass is 31.2. The Hall–Kier alpha value is -1.70. The Morgan fingerprint density at radius 2 is 1.91 bits per heavy atom. The highest BCUT2D eigenvalue weighted by Gasteiger charge is 2.30. The van der Waals surface area contributed by atoms with Crippen LogP contribution in [0.1, 0.15) is 17.4 Å². The van der Waals surface area contributed by atoms with E-state index < -0.39 is 19.5 Å². The minimum absolute atomic E-state index is 0.0246. The van der Waals surface area contributed by atoms with Crippen molar-refractivity contribution in [1.82, 2.24) is 0 Å². The fourth-order valence-corrected chi connectivity index (χ4v) is 2.53. The summed E-state index contributed by atoms with van der Waals surface area (Å²) in [7, 11) is -1.82. The number of phosphoric acid groups is 1.